The fourth-order valence-electron chi connectivity index (χ4n) is 1.46. The van der Waals surface area contributed by atoms with Crippen molar-refractivity contribution in [2.75, 3.05) is 13.7 Å². The number of aliphatic hydroxyl groups excluding tert-OH is 1. The summed E-state index contributed by atoms with van der Waals surface area (Å²) in [5, 5.41) is 11.1. The third kappa shape index (κ3) is 3.16. The number of methoxy groups -OCH3 is 1. The lowest BCUT2D eigenvalue weighted by Gasteiger charge is -2.14. The van der Waals surface area contributed by atoms with Gasteiger partial charge in [0.2, 0.25) is 0 Å². The van der Waals surface area contributed by atoms with E-state index in [0.717, 1.165) is 12.1 Å². The number of rotatable bonds is 5. The number of carbonyl (C=O) groups is 1. The maximum Gasteiger partial charge on any atom is 0.257 e. The summed E-state index contributed by atoms with van der Waals surface area (Å²) in [6.45, 7) is 1.51. The summed E-state index contributed by atoms with van der Waals surface area (Å²) >= 11 is 0. The van der Waals surface area contributed by atoms with E-state index in [0.29, 0.717) is 6.42 Å². The molecule has 1 aromatic rings. The Morgan fingerprint density at radius 2 is 2.17 bits per heavy atom. The smallest absolute Gasteiger partial charge is 0.257 e. The fourth-order valence-corrected chi connectivity index (χ4v) is 1.46. The van der Waals surface area contributed by atoms with Crippen molar-refractivity contribution >= 4 is 5.91 Å². The summed E-state index contributed by atoms with van der Waals surface area (Å²) in [4.78, 5) is 11.7. The summed E-state index contributed by atoms with van der Waals surface area (Å²) in [6.07, 6.45) is 0.305. The molecular formula is C12H15F2NO3. The molecule has 1 atom stereocenters. The Hall–Kier alpha value is -1.69. The van der Waals surface area contributed by atoms with Gasteiger partial charge in [0.15, 0.2) is 11.6 Å². The average Bonchev–Trinajstić information content (AvgIpc) is 2.29. The van der Waals surface area contributed by atoms with E-state index in [9.17, 15) is 13.6 Å². The third-order valence-electron chi connectivity index (χ3n) is 2.44. The summed E-state index contributed by atoms with van der Waals surface area (Å²) in [5.74, 6) is -3.06. The molecule has 6 heteroatoms. The van der Waals surface area contributed by atoms with E-state index in [2.05, 4.69) is 10.1 Å². The Labute approximate surface area is 104 Å². The molecule has 1 aromatic carbocycles. The Bertz CT molecular complexity index is 438. The van der Waals surface area contributed by atoms with Gasteiger partial charge in [-0.2, -0.15) is 0 Å². The van der Waals surface area contributed by atoms with E-state index in [4.69, 9.17) is 5.11 Å². The highest BCUT2D eigenvalue weighted by atomic mass is 19.1. The van der Waals surface area contributed by atoms with Crippen LogP contribution >= 0.6 is 0 Å². The van der Waals surface area contributed by atoms with Gasteiger partial charge >= 0.3 is 0 Å². The van der Waals surface area contributed by atoms with Crippen LogP contribution in [-0.2, 0) is 0 Å². The van der Waals surface area contributed by atoms with E-state index in [-0.39, 0.29) is 18.4 Å². The van der Waals surface area contributed by atoms with Crippen LogP contribution in [-0.4, -0.2) is 30.8 Å². The van der Waals surface area contributed by atoms with Crippen LogP contribution in [0.25, 0.3) is 0 Å². The highest BCUT2D eigenvalue weighted by Crippen LogP contribution is 2.22. The second-order valence-corrected chi connectivity index (χ2v) is 3.83. The van der Waals surface area contributed by atoms with Crippen LogP contribution in [0.2, 0.25) is 0 Å². The van der Waals surface area contributed by atoms with Crippen LogP contribution < -0.4 is 10.1 Å². The van der Waals surface area contributed by atoms with Crippen LogP contribution in [0.5, 0.6) is 5.75 Å². The number of benzene rings is 1. The Kier molecular flexibility index (Phi) is 5.03. The first kappa shape index (κ1) is 14.4. The van der Waals surface area contributed by atoms with Crippen molar-refractivity contribution in [3.63, 3.8) is 0 Å². The second kappa shape index (κ2) is 6.30. The molecule has 1 rings (SSSR count). The number of amides is 1. The quantitative estimate of drug-likeness (QED) is 0.842. The van der Waals surface area contributed by atoms with Gasteiger partial charge in [-0.3, -0.25) is 4.79 Å². The van der Waals surface area contributed by atoms with E-state index < -0.39 is 23.1 Å². The van der Waals surface area contributed by atoms with E-state index >= 15 is 0 Å². The molecule has 0 aliphatic rings. The zero-order valence-electron chi connectivity index (χ0n) is 10.2. The Morgan fingerprint density at radius 3 is 2.72 bits per heavy atom. The molecule has 1 amide bonds. The lowest BCUT2D eigenvalue weighted by molar-refractivity contribution is 0.0925. The highest BCUT2D eigenvalue weighted by Gasteiger charge is 2.22. The van der Waals surface area contributed by atoms with Crippen molar-refractivity contribution in [1.82, 2.24) is 5.32 Å². The molecule has 0 spiro atoms. The molecule has 2 N–H and O–H groups in total. The molecule has 0 aliphatic heterocycles. The number of aliphatic hydroxyl groups is 1. The molecule has 1 unspecified atom stereocenters. The summed E-state index contributed by atoms with van der Waals surface area (Å²) < 4.78 is 31.9. The SMILES string of the molecule is COc1ccc(F)c(C(=O)NC(C)CCO)c1F. The maximum absolute atomic E-state index is 13.7. The molecule has 0 bridgehead atoms. The molecule has 18 heavy (non-hydrogen) atoms. The molecule has 0 aromatic heterocycles. The zero-order chi connectivity index (χ0) is 13.7. The Morgan fingerprint density at radius 1 is 1.50 bits per heavy atom. The molecule has 0 fully saturated rings. The van der Waals surface area contributed by atoms with Crippen LogP contribution in [0, 0.1) is 11.6 Å². The number of hydrogen-bond donors (Lipinski definition) is 2. The Balaban J connectivity index is 2.98. The van der Waals surface area contributed by atoms with Gasteiger partial charge in [-0.05, 0) is 25.5 Å². The molecule has 0 aliphatic carbocycles. The highest BCUT2D eigenvalue weighted by molar-refractivity contribution is 5.95. The van der Waals surface area contributed by atoms with Gasteiger partial charge in [0.25, 0.3) is 5.91 Å². The maximum atomic E-state index is 13.7. The van der Waals surface area contributed by atoms with Gasteiger partial charge in [0.1, 0.15) is 11.4 Å². The molecule has 0 radical (unpaired) electrons. The van der Waals surface area contributed by atoms with Gasteiger partial charge in [-0.15, -0.1) is 0 Å². The van der Waals surface area contributed by atoms with Crippen molar-refractivity contribution in [1.29, 1.82) is 0 Å². The zero-order valence-corrected chi connectivity index (χ0v) is 10.2. The average molecular weight is 259 g/mol. The second-order valence-electron chi connectivity index (χ2n) is 3.83. The normalized spacial score (nSPS) is 12.1. The first-order valence-electron chi connectivity index (χ1n) is 5.45. The fraction of sp³-hybridized carbons (Fsp3) is 0.417. The lowest BCUT2D eigenvalue weighted by atomic mass is 10.1. The largest absolute Gasteiger partial charge is 0.494 e. The van der Waals surface area contributed by atoms with E-state index in [1.165, 1.54) is 7.11 Å². The minimum absolute atomic E-state index is 0.121. The van der Waals surface area contributed by atoms with Gasteiger partial charge < -0.3 is 15.2 Å². The monoisotopic (exact) mass is 259 g/mol. The van der Waals surface area contributed by atoms with Crippen LogP contribution in [0.1, 0.15) is 23.7 Å². The molecule has 0 saturated heterocycles. The first-order chi connectivity index (χ1) is 8.51. The molecular weight excluding hydrogens is 244 g/mol. The third-order valence-corrected chi connectivity index (χ3v) is 2.44. The number of nitrogens with one attached hydrogen (secondary N) is 1. The van der Waals surface area contributed by atoms with E-state index in [1.807, 2.05) is 0 Å². The van der Waals surface area contributed by atoms with Crippen molar-refractivity contribution in [3.05, 3.63) is 29.3 Å². The minimum atomic E-state index is -1.04. The predicted molar refractivity (Wildman–Crippen MR) is 61.5 cm³/mol. The predicted octanol–water partition coefficient (Wildman–Crippen LogP) is 1.47. The van der Waals surface area contributed by atoms with Crippen molar-refractivity contribution in [3.8, 4) is 5.75 Å². The lowest BCUT2D eigenvalue weighted by Crippen LogP contribution is -2.34. The van der Waals surface area contributed by atoms with Gasteiger partial charge in [-0.1, -0.05) is 0 Å². The number of halogens is 2. The van der Waals surface area contributed by atoms with Crippen LogP contribution in [0.4, 0.5) is 8.78 Å². The molecule has 100 valence electrons. The number of hydrogen-bond acceptors (Lipinski definition) is 3. The van der Waals surface area contributed by atoms with Gasteiger partial charge in [0, 0.05) is 12.6 Å². The van der Waals surface area contributed by atoms with Crippen molar-refractivity contribution in [2.45, 2.75) is 19.4 Å². The van der Waals surface area contributed by atoms with Crippen molar-refractivity contribution in [2.24, 2.45) is 0 Å². The van der Waals surface area contributed by atoms with Crippen LogP contribution in [0.3, 0.4) is 0 Å². The number of ether oxygens (including phenoxy) is 1. The topological polar surface area (TPSA) is 58.6 Å². The van der Waals surface area contributed by atoms with Crippen LogP contribution in [0.15, 0.2) is 12.1 Å². The van der Waals surface area contributed by atoms with Gasteiger partial charge in [-0.25, -0.2) is 8.78 Å². The molecule has 0 saturated carbocycles. The first-order valence-corrected chi connectivity index (χ1v) is 5.45. The van der Waals surface area contributed by atoms with E-state index in [1.54, 1.807) is 6.92 Å². The summed E-state index contributed by atoms with van der Waals surface area (Å²) in [7, 11) is 1.23. The van der Waals surface area contributed by atoms with Gasteiger partial charge in [0.05, 0.1) is 7.11 Å². The van der Waals surface area contributed by atoms with Crippen molar-refractivity contribution < 1.29 is 23.4 Å². The molecule has 0 heterocycles. The number of carbonyl (C=O) groups excluding carboxylic acids is 1. The summed E-state index contributed by atoms with van der Waals surface area (Å²) in [6, 6.07) is 1.69. The minimum Gasteiger partial charge on any atom is -0.494 e. The molecule has 4 nitrogen and oxygen atoms in total. The standard InChI is InChI=1S/C12H15F2NO3/c1-7(5-6-16)15-12(17)10-8(13)3-4-9(18-2)11(10)14/h3-4,7,16H,5-6H2,1-2H3,(H,15,17). The summed E-state index contributed by atoms with van der Waals surface area (Å²) in [5.41, 5.74) is -0.681.